The number of nitrogens with zero attached hydrogens (tertiary/aromatic N) is 3. The van der Waals surface area contributed by atoms with Crippen LogP contribution in [0.1, 0.15) is 5.69 Å². The average Bonchev–Trinajstić information content (AvgIpc) is 3.07. The summed E-state index contributed by atoms with van der Waals surface area (Å²) < 4.78 is 14.8. The first-order valence-electron chi connectivity index (χ1n) is 7.15. The number of amides is 1. The van der Waals surface area contributed by atoms with Crippen molar-refractivity contribution in [1.82, 2.24) is 19.9 Å². The van der Waals surface area contributed by atoms with Gasteiger partial charge in [0.2, 0.25) is 5.91 Å². The van der Waals surface area contributed by atoms with Gasteiger partial charge in [-0.2, -0.15) is 0 Å². The molecule has 2 heterocycles. The molecular formula is C17H15FN4O. The predicted octanol–water partition coefficient (Wildman–Crippen LogP) is 2.40. The number of hydrogen-bond donors (Lipinski definition) is 1. The van der Waals surface area contributed by atoms with Crippen molar-refractivity contribution in [3.8, 4) is 11.3 Å². The zero-order valence-electron chi connectivity index (χ0n) is 12.3. The third kappa shape index (κ3) is 4.00. The van der Waals surface area contributed by atoms with Crippen LogP contribution in [0.3, 0.4) is 0 Å². The lowest BCUT2D eigenvalue weighted by Crippen LogP contribution is -2.27. The lowest BCUT2D eigenvalue weighted by atomic mass is 10.1. The van der Waals surface area contributed by atoms with E-state index in [1.54, 1.807) is 22.8 Å². The number of hydrogen-bond acceptors (Lipinski definition) is 3. The third-order valence-corrected chi connectivity index (χ3v) is 3.32. The van der Waals surface area contributed by atoms with E-state index in [2.05, 4.69) is 15.3 Å². The molecule has 0 aliphatic carbocycles. The molecule has 6 heteroatoms. The van der Waals surface area contributed by atoms with Crippen LogP contribution in [0.25, 0.3) is 11.3 Å². The topological polar surface area (TPSA) is 59.8 Å². The van der Waals surface area contributed by atoms with Crippen LogP contribution in [-0.4, -0.2) is 20.4 Å². The van der Waals surface area contributed by atoms with Crippen LogP contribution in [0.15, 0.2) is 61.2 Å². The Bertz CT molecular complexity index is 785. The van der Waals surface area contributed by atoms with E-state index in [1.807, 2.05) is 24.5 Å². The van der Waals surface area contributed by atoms with Crippen LogP contribution in [0, 0.1) is 5.82 Å². The maximum Gasteiger partial charge on any atom is 0.240 e. The molecule has 1 amide bonds. The molecule has 0 bridgehead atoms. The number of benzene rings is 1. The number of carbonyl (C=O) groups is 1. The molecular weight excluding hydrogens is 295 g/mol. The van der Waals surface area contributed by atoms with Gasteiger partial charge in [0.1, 0.15) is 18.7 Å². The monoisotopic (exact) mass is 310 g/mol. The molecule has 3 rings (SSSR count). The van der Waals surface area contributed by atoms with Crippen LogP contribution in [0.4, 0.5) is 4.39 Å². The Labute approximate surface area is 132 Å². The van der Waals surface area contributed by atoms with Gasteiger partial charge in [0, 0.05) is 18.0 Å². The molecule has 23 heavy (non-hydrogen) atoms. The van der Waals surface area contributed by atoms with Crippen molar-refractivity contribution in [2.75, 3.05) is 0 Å². The number of carbonyl (C=O) groups excluding carboxylic acids is 1. The van der Waals surface area contributed by atoms with E-state index < -0.39 is 0 Å². The Hall–Kier alpha value is -3.02. The van der Waals surface area contributed by atoms with Crippen molar-refractivity contribution in [2.45, 2.75) is 13.1 Å². The van der Waals surface area contributed by atoms with Crippen LogP contribution < -0.4 is 5.32 Å². The molecule has 0 aliphatic rings. The summed E-state index contributed by atoms with van der Waals surface area (Å²) >= 11 is 0. The second-order valence-electron chi connectivity index (χ2n) is 5.03. The summed E-state index contributed by atoms with van der Waals surface area (Å²) in [6.07, 6.45) is 5.10. The summed E-state index contributed by atoms with van der Waals surface area (Å²) in [4.78, 5) is 20.2. The molecule has 0 saturated carbocycles. The van der Waals surface area contributed by atoms with Crippen molar-refractivity contribution in [3.63, 3.8) is 0 Å². The molecule has 2 aromatic heterocycles. The average molecular weight is 310 g/mol. The largest absolute Gasteiger partial charge is 0.349 e. The van der Waals surface area contributed by atoms with E-state index in [9.17, 15) is 9.18 Å². The van der Waals surface area contributed by atoms with Crippen molar-refractivity contribution in [3.05, 3.63) is 72.7 Å². The van der Waals surface area contributed by atoms with Gasteiger partial charge in [-0.15, -0.1) is 0 Å². The van der Waals surface area contributed by atoms with E-state index in [-0.39, 0.29) is 18.3 Å². The zero-order chi connectivity index (χ0) is 16.1. The highest BCUT2D eigenvalue weighted by Crippen LogP contribution is 2.17. The number of halogens is 1. The van der Waals surface area contributed by atoms with Gasteiger partial charge in [0.15, 0.2) is 0 Å². The third-order valence-electron chi connectivity index (χ3n) is 3.32. The Kier molecular flexibility index (Phi) is 4.42. The zero-order valence-corrected chi connectivity index (χ0v) is 12.3. The van der Waals surface area contributed by atoms with Gasteiger partial charge in [0.25, 0.3) is 0 Å². The first-order chi connectivity index (χ1) is 11.2. The molecule has 0 fully saturated rings. The van der Waals surface area contributed by atoms with E-state index in [0.29, 0.717) is 17.9 Å². The van der Waals surface area contributed by atoms with Gasteiger partial charge in [0.05, 0.1) is 17.9 Å². The fourth-order valence-electron chi connectivity index (χ4n) is 2.16. The van der Waals surface area contributed by atoms with Crippen LogP contribution >= 0.6 is 0 Å². The minimum absolute atomic E-state index is 0.0943. The lowest BCUT2D eigenvalue weighted by Gasteiger charge is -2.07. The minimum Gasteiger partial charge on any atom is -0.349 e. The smallest absolute Gasteiger partial charge is 0.240 e. The van der Waals surface area contributed by atoms with Crippen molar-refractivity contribution >= 4 is 5.91 Å². The van der Waals surface area contributed by atoms with E-state index in [4.69, 9.17) is 0 Å². The second kappa shape index (κ2) is 6.83. The first kappa shape index (κ1) is 14.9. The minimum atomic E-state index is -0.291. The van der Waals surface area contributed by atoms with Crippen molar-refractivity contribution in [1.29, 1.82) is 0 Å². The summed E-state index contributed by atoms with van der Waals surface area (Å²) in [5.74, 6) is -0.386. The summed E-state index contributed by atoms with van der Waals surface area (Å²) in [5, 5.41) is 2.81. The lowest BCUT2D eigenvalue weighted by molar-refractivity contribution is -0.121. The maximum absolute atomic E-state index is 13.0. The molecule has 3 aromatic rings. The van der Waals surface area contributed by atoms with Crippen LogP contribution in [0.2, 0.25) is 0 Å². The summed E-state index contributed by atoms with van der Waals surface area (Å²) in [6, 6.07) is 11.6. The molecule has 0 atom stereocenters. The second-order valence-corrected chi connectivity index (χ2v) is 5.03. The number of rotatable bonds is 5. The van der Waals surface area contributed by atoms with Gasteiger partial charge < -0.3 is 9.88 Å². The molecule has 0 aliphatic heterocycles. The summed E-state index contributed by atoms with van der Waals surface area (Å²) in [7, 11) is 0. The van der Waals surface area contributed by atoms with E-state index >= 15 is 0 Å². The Balaban J connectivity index is 1.63. The summed E-state index contributed by atoms with van der Waals surface area (Å²) in [5.41, 5.74) is 2.18. The van der Waals surface area contributed by atoms with Crippen LogP contribution in [-0.2, 0) is 17.9 Å². The van der Waals surface area contributed by atoms with Gasteiger partial charge in [-0.1, -0.05) is 0 Å². The Morgan fingerprint density at radius 1 is 1.13 bits per heavy atom. The predicted molar refractivity (Wildman–Crippen MR) is 83.7 cm³/mol. The van der Waals surface area contributed by atoms with Gasteiger partial charge >= 0.3 is 0 Å². The molecule has 0 spiro atoms. The normalized spacial score (nSPS) is 10.5. The quantitative estimate of drug-likeness (QED) is 0.787. The molecule has 116 valence electrons. The van der Waals surface area contributed by atoms with Gasteiger partial charge in [-0.05, 0) is 42.5 Å². The fraction of sp³-hybridized carbons (Fsp3) is 0.118. The van der Waals surface area contributed by atoms with Gasteiger partial charge in [-0.3, -0.25) is 4.79 Å². The number of nitrogens with one attached hydrogen (secondary N) is 1. The highest BCUT2D eigenvalue weighted by Gasteiger charge is 2.05. The molecule has 0 radical (unpaired) electrons. The Morgan fingerprint density at radius 3 is 2.61 bits per heavy atom. The van der Waals surface area contributed by atoms with Crippen LogP contribution in [0.5, 0.6) is 0 Å². The Morgan fingerprint density at radius 2 is 1.87 bits per heavy atom. The SMILES string of the molecule is O=C(Cn1cccc1)NCc1cc(-c2ccc(F)cc2)ncn1. The first-order valence-corrected chi connectivity index (χ1v) is 7.15. The standard InChI is InChI=1S/C17H15FN4O/c18-14-5-3-13(4-6-14)16-9-15(20-12-21-16)10-19-17(23)11-22-7-1-2-8-22/h1-9,12H,10-11H2,(H,19,23). The number of aromatic nitrogens is 3. The highest BCUT2D eigenvalue weighted by atomic mass is 19.1. The molecule has 0 unspecified atom stereocenters. The molecule has 1 N–H and O–H groups in total. The highest BCUT2D eigenvalue weighted by molar-refractivity contribution is 5.75. The van der Waals surface area contributed by atoms with E-state index in [0.717, 1.165) is 5.56 Å². The van der Waals surface area contributed by atoms with E-state index in [1.165, 1.54) is 18.5 Å². The van der Waals surface area contributed by atoms with Crippen molar-refractivity contribution in [2.24, 2.45) is 0 Å². The summed E-state index contributed by atoms with van der Waals surface area (Å²) in [6.45, 7) is 0.583. The molecule has 1 aromatic carbocycles. The maximum atomic E-state index is 13.0. The van der Waals surface area contributed by atoms with Gasteiger partial charge in [-0.25, -0.2) is 14.4 Å². The fourth-order valence-corrected chi connectivity index (χ4v) is 2.16. The van der Waals surface area contributed by atoms with Crippen molar-refractivity contribution < 1.29 is 9.18 Å². The molecule has 0 saturated heterocycles. The molecule has 5 nitrogen and oxygen atoms in total.